The standard InChI is InChI=1S/C16H17NO6/c1-2-3-4-5-8-22-16(19)15-10-13(18)12-9-11(17(20)21)6-7-14(12)23-15/h6-7,9-10H,2-5,8H2,1H3. The molecule has 122 valence electrons. The molecular weight excluding hydrogens is 302 g/mol. The summed E-state index contributed by atoms with van der Waals surface area (Å²) in [6, 6.07) is 4.64. The molecule has 0 fully saturated rings. The Morgan fingerprint density at radius 3 is 2.74 bits per heavy atom. The molecule has 0 saturated carbocycles. The lowest BCUT2D eigenvalue weighted by Crippen LogP contribution is -2.11. The first kappa shape index (κ1) is 16.7. The highest BCUT2D eigenvalue weighted by molar-refractivity contribution is 5.89. The zero-order valence-electron chi connectivity index (χ0n) is 12.7. The monoisotopic (exact) mass is 319 g/mol. The van der Waals surface area contributed by atoms with E-state index in [9.17, 15) is 19.7 Å². The van der Waals surface area contributed by atoms with Crippen molar-refractivity contribution in [2.45, 2.75) is 32.6 Å². The van der Waals surface area contributed by atoms with Gasteiger partial charge in [0.15, 0.2) is 5.43 Å². The van der Waals surface area contributed by atoms with E-state index in [2.05, 4.69) is 6.92 Å². The van der Waals surface area contributed by atoms with E-state index in [1.54, 1.807) is 0 Å². The van der Waals surface area contributed by atoms with Crippen LogP contribution < -0.4 is 5.43 Å². The van der Waals surface area contributed by atoms with Crippen LogP contribution in [-0.2, 0) is 4.74 Å². The number of benzene rings is 1. The van der Waals surface area contributed by atoms with E-state index in [0.29, 0.717) is 0 Å². The zero-order chi connectivity index (χ0) is 16.8. The number of nitro benzene ring substituents is 1. The van der Waals surface area contributed by atoms with E-state index in [1.807, 2.05) is 0 Å². The minimum atomic E-state index is -0.709. The largest absolute Gasteiger partial charge is 0.460 e. The van der Waals surface area contributed by atoms with Crippen molar-refractivity contribution in [3.8, 4) is 0 Å². The summed E-state index contributed by atoms with van der Waals surface area (Å²) in [6.07, 6.45) is 3.87. The molecular formula is C16H17NO6. The lowest BCUT2D eigenvalue weighted by Gasteiger charge is -2.05. The first-order valence-corrected chi connectivity index (χ1v) is 7.42. The number of esters is 1. The topological polar surface area (TPSA) is 99.7 Å². The molecule has 0 aliphatic heterocycles. The Kier molecular flexibility index (Phi) is 5.46. The van der Waals surface area contributed by atoms with Crippen LogP contribution in [0.15, 0.2) is 33.5 Å². The Labute approximate surface area is 132 Å². The fourth-order valence-electron chi connectivity index (χ4n) is 2.12. The molecule has 1 aromatic heterocycles. The predicted octanol–water partition coefficient (Wildman–Crippen LogP) is 3.44. The number of hydrogen-bond acceptors (Lipinski definition) is 6. The third kappa shape index (κ3) is 4.15. The van der Waals surface area contributed by atoms with Crippen molar-refractivity contribution in [3.05, 3.63) is 50.4 Å². The van der Waals surface area contributed by atoms with Gasteiger partial charge in [0.1, 0.15) is 5.58 Å². The minimum absolute atomic E-state index is 0.0543. The zero-order valence-corrected chi connectivity index (χ0v) is 12.7. The summed E-state index contributed by atoms with van der Waals surface area (Å²) in [5, 5.41) is 10.8. The highest BCUT2D eigenvalue weighted by Gasteiger charge is 2.16. The van der Waals surface area contributed by atoms with Gasteiger partial charge in [-0.05, 0) is 12.5 Å². The average molecular weight is 319 g/mol. The Hall–Kier alpha value is -2.70. The number of carbonyl (C=O) groups is 1. The second-order valence-electron chi connectivity index (χ2n) is 5.11. The molecule has 0 unspecified atom stereocenters. The first-order valence-electron chi connectivity index (χ1n) is 7.42. The third-order valence-corrected chi connectivity index (χ3v) is 3.35. The maximum atomic E-state index is 12.0. The van der Waals surface area contributed by atoms with Gasteiger partial charge in [-0.15, -0.1) is 0 Å². The van der Waals surface area contributed by atoms with Gasteiger partial charge in [0.2, 0.25) is 5.76 Å². The van der Waals surface area contributed by atoms with Gasteiger partial charge in [-0.3, -0.25) is 14.9 Å². The van der Waals surface area contributed by atoms with Crippen LogP contribution in [0, 0.1) is 10.1 Å². The summed E-state index contributed by atoms with van der Waals surface area (Å²) in [5.74, 6) is -0.911. The fraction of sp³-hybridized carbons (Fsp3) is 0.375. The Morgan fingerprint density at radius 1 is 1.26 bits per heavy atom. The van der Waals surface area contributed by atoms with Crippen molar-refractivity contribution in [1.82, 2.24) is 0 Å². The van der Waals surface area contributed by atoms with Crippen molar-refractivity contribution in [2.24, 2.45) is 0 Å². The minimum Gasteiger partial charge on any atom is -0.460 e. The smallest absolute Gasteiger partial charge is 0.374 e. The maximum absolute atomic E-state index is 12.0. The molecule has 7 nitrogen and oxygen atoms in total. The molecule has 2 aromatic rings. The van der Waals surface area contributed by atoms with Crippen molar-refractivity contribution >= 4 is 22.6 Å². The summed E-state index contributed by atoms with van der Waals surface area (Å²) in [5.41, 5.74) is -0.620. The molecule has 0 bridgehead atoms. The van der Waals surface area contributed by atoms with Crippen LogP contribution in [0.1, 0.15) is 43.2 Å². The Bertz CT molecular complexity index is 780. The molecule has 1 aromatic carbocycles. The van der Waals surface area contributed by atoms with Gasteiger partial charge in [-0.25, -0.2) is 4.79 Å². The van der Waals surface area contributed by atoms with Crippen molar-refractivity contribution in [1.29, 1.82) is 0 Å². The van der Waals surface area contributed by atoms with Gasteiger partial charge in [0, 0.05) is 18.2 Å². The summed E-state index contributed by atoms with van der Waals surface area (Å²) < 4.78 is 10.4. The summed E-state index contributed by atoms with van der Waals surface area (Å²) in [6.45, 7) is 2.35. The molecule has 0 radical (unpaired) electrons. The van der Waals surface area contributed by atoms with E-state index in [0.717, 1.165) is 37.8 Å². The Morgan fingerprint density at radius 2 is 2.04 bits per heavy atom. The molecule has 0 spiro atoms. The van der Waals surface area contributed by atoms with Crippen molar-refractivity contribution in [2.75, 3.05) is 6.61 Å². The quantitative estimate of drug-likeness (QED) is 0.335. The number of fused-ring (bicyclic) bond motifs is 1. The van der Waals surface area contributed by atoms with E-state index in [4.69, 9.17) is 9.15 Å². The van der Waals surface area contributed by atoms with Gasteiger partial charge < -0.3 is 9.15 Å². The molecule has 0 saturated heterocycles. The van der Waals surface area contributed by atoms with E-state index < -0.39 is 16.3 Å². The molecule has 0 amide bonds. The number of non-ortho nitro benzene ring substituents is 1. The number of ether oxygens (including phenoxy) is 1. The van der Waals surface area contributed by atoms with E-state index in [-0.39, 0.29) is 29.0 Å². The van der Waals surface area contributed by atoms with Crippen LogP contribution in [-0.4, -0.2) is 17.5 Å². The predicted molar refractivity (Wildman–Crippen MR) is 83.6 cm³/mol. The lowest BCUT2D eigenvalue weighted by molar-refractivity contribution is -0.384. The molecule has 1 heterocycles. The van der Waals surface area contributed by atoms with Crippen LogP contribution >= 0.6 is 0 Å². The summed E-state index contributed by atoms with van der Waals surface area (Å²) in [7, 11) is 0. The molecule has 0 aliphatic rings. The summed E-state index contributed by atoms with van der Waals surface area (Å²) >= 11 is 0. The Balaban J connectivity index is 2.16. The SMILES string of the molecule is CCCCCCOC(=O)c1cc(=O)c2cc([N+](=O)[O-])ccc2o1. The second-order valence-corrected chi connectivity index (χ2v) is 5.11. The number of carbonyl (C=O) groups excluding carboxylic acids is 1. The van der Waals surface area contributed by atoms with Crippen molar-refractivity contribution in [3.63, 3.8) is 0 Å². The average Bonchev–Trinajstić information content (AvgIpc) is 2.54. The number of hydrogen-bond donors (Lipinski definition) is 0. The second kappa shape index (κ2) is 7.53. The normalized spacial score (nSPS) is 10.7. The number of nitro groups is 1. The highest BCUT2D eigenvalue weighted by atomic mass is 16.6. The summed E-state index contributed by atoms with van der Waals surface area (Å²) in [4.78, 5) is 34.0. The molecule has 0 aliphatic carbocycles. The van der Waals surface area contributed by atoms with E-state index >= 15 is 0 Å². The lowest BCUT2D eigenvalue weighted by atomic mass is 10.2. The number of unbranched alkanes of at least 4 members (excludes halogenated alkanes) is 3. The third-order valence-electron chi connectivity index (χ3n) is 3.35. The molecule has 0 atom stereocenters. The van der Waals surface area contributed by atoms with Gasteiger partial charge >= 0.3 is 5.97 Å². The first-order chi connectivity index (χ1) is 11.0. The maximum Gasteiger partial charge on any atom is 0.374 e. The molecule has 2 rings (SSSR count). The van der Waals surface area contributed by atoms with Gasteiger partial charge in [-0.2, -0.15) is 0 Å². The van der Waals surface area contributed by atoms with Crippen LogP contribution in [0.2, 0.25) is 0 Å². The van der Waals surface area contributed by atoms with Crippen LogP contribution in [0.4, 0.5) is 5.69 Å². The number of rotatable bonds is 7. The molecule has 0 N–H and O–H groups in total. The molecule has 23 heavy (non-hydrogen) atoms. The van der Waals surface area contributed by atoms with Crippen LogP contribution in [0.5, 0.6) is 0 Å². The van der Waals surface area contributed by atoms with Crippen molar-refractivity contribution < 1.29 is 18.9 Å². The number of nitrogens with zero attached hydrogens (tertiary/aromatic N) is 1. The fourth-order valence-corrected chi connectivity index (χ4v) is 2.12. The highest BCUT2D eigenvalue weighted by Crippen LogP contribution is 2.19. The van der Waals surface area contributed by atoms with E-state index in [1.165, 1.54) is 12.1 Å². The van der Waals surface area contributed by atoms with Crippen LogP contribution in [0.3, 0.4) is 0 Å². The molecule has 7 heteroatoms. The van der Waals surface area contributed by atoms with Crippen LogP contribution in [0.25, 0.3) is 11.0 Å². The van der Waals surface area contributed by atoms with Gasteiger partial charge in [0.05, 0.1) is 16.9 Å². The van der Waals surface area contributed by atoms with Gasteiger partial charge in [0.25, 0.3) is 5.69 Å². The van der Waals surface area contributed by atoms with Gasteiger partial charge in [-0.1, -0.05) is 26.2 Å².